The van der Waals surface area contributed by atoms with Crippen molar-refractivity contribution in [2.75, 3.05) is 0 Å². The van der Waals surface area contributed by atoms with Crippen molar-refractivity contribution < 1.29 is 4.39 Å². The zero-order valence-electron chi connectivity index (χ0n) is 12.0. The van der Waals surface area contributed by atoms with E-state index in [9.17, 15) is 4.39 Å². The van der Waals surface area contributed by atoms with Crippen LogP contribution in [-0.2, 0) is 5.41 Å². The van der Waals surface area contributed by atoms with E-state index in [0.717, 1.165) is 24.3 Å². The second-order valence-corrected chi connectivity index (χ2v) is 8.89. The highest BCUT2D eigenvalue weighted by molar-refractivity contribution is 9.10. The Labute approximate surface area is 142 Å². The van der Waals surface area contributed by atoms with Gasteiger partial charge in [0.15, 0.2) is 0 Å². The van der Waals surface area contributed by atoms with Crippen molar-refractivity contribution >= 4 is 43.5 Å². The first-order valence-corrected chi connectivity index (χ1v) is 9.11. The third-order valence-electron chi connectivity index (χ3n) is 4.69. The lowest BCUT2D eigenvalue weighted by molar-refractivity contribution is 0.210. The maximum atomic E-state index is 14.5. The van der Waals surface area contributed by atoms with Gasteiger partial charge in [-0.3, -0.25) is 0 Å². The molecular weight excluding hydrogens is 406 g/mol. The lowest BCUT2D eigenvalue weighted by Crippen LogP contribution is -2.39. The van der Waals surface area contributed by atoms with E-state index in [1.165, 1.54) is 6.42 Å². The SMILES string of the molecule is CC1CCC(C(C)(C)c2ccc(Br)c(Cl)c2F)C(Br)C1. The molecule has 1 aromatic carbocycles. The van der Waals surface area contributed by atoms with Crippen molar-refractivity contribution in [3.63, 3.8) is 0 Å². The Morgan fingerprint density at radius 3 is 2.55 bits per heavy atom. The maximum absolute atomic E-state index is 14.5. The molecule has 112 valence electrons. The summed E-state index contributed by atoms with van der Waals surface area (Å²) in [6.45, 7) is 6.55. The van der Waals surface area contributed by atoms with E-state index >= 15 is 0 Å². The molecule has 1 saturated carbocycles. The molecule has 1 fully saturated rings. The van der Waals surface area contributed by atoms with Crippen LogP contribution in [0, 0.1) is 17.7 Å². The fraction of sp³-hybridized carbons (Fsp3) is 0.625. The summed E-state index contributed by atoms with van der Waals surface area (Å²) < 4.78 is 15.2. The summed E-state index contributed by atoms with van der Waals surface area (Å²) in [7, 11) is 0. The molecule has 0 spiro atoms. The molecule has 1 aliphatic rings. The van der Waals surface area contributed by atoms with Crippen LogP contribution in [0.2, 0.25) is 5.02 Å². The van der Waals surface area contributed by atoms with E-state index in [1.54, 1.807) is 0 Å². The summed E-state index contributed by atoms with van der Waals surface area (Å²) in [6, 6.07) is 3.71. The van der Waals surface area contributed by atoms with Gasteiger partial charge in [0.25, 0.3) is 0 Å². The van der Waals surface area contributed by atoms with E-state index in [2.05, 4.69) is 52.6 Å². The number of alkyl halides is 1. The quantitative estimate of drug-likeness (QED) is 0.364. The Morgan fingerprint density at radius 2 is 1.95 bits per heavy atom. The lowest BCUT2D eigenvalue weighted by Gasteiger charge is -2.42. The molecule has 0 aliphatic heterocycles. The summed E-state index contributed by atoms with van der Waals surface area (Å²) in [4.78, 5) is 0.433. The van der Waals surface area contributed by atoms with Gasteiger partial charge in [0.05, 0.1) is 5.02 Å². The summed E-state index contributed by atoms with van der Waals surface area (Å²) in [5.74, 6) is 0.875. The Balaban J connectivity index is 2.37. The second kappa shape index (κ2) is 6.26. The zero-order chi connectivity index (χ0) is 15.1. The first kappa shape index (κ1) is 16.8. The van der Waals surface area contributed by atoms with E-state index in [4.69, 9.17) is 11.6 Å². The molecule has 3 atom stereocenters. The minimum absolute atomic E-state index is 0.186. The summed E-state index contributed by atoms with van der Waals surface area (Å²) in [5.41, 5.74) is 0.484. The number of hydrogen-bond acceptors (Lipinski definition) is 0. The molecular formula is C16H20Br2ClF. The number of rotatable bonds is 2. The maximum Gasteiger partial charge on any atom is 0.146 e. The number of hydrogen-bond donors (Lipinski definition) is 0. The molecule has 0 aromatic heterocycles. The van der Waals surface area contributed by atoms with Crippen molar-refractivity contribution in [1.82, 2.24) is 0 Å². The fourth-order valence-corrected chi connectivity index (χ4v) is 5.38. The van der Waals surface area contributed by atoms with Crippen LogP contribution in [0.5, 0.6) is 0 Å². The molecule has 3 unspecified atom stereocenters. The second-order valence-electron chi connectivity index (χ2n) is 6.49. The predicted octanol–water partition coefficient (Wildman–Crippen LogP) is 6.72. The van der Waals surface area contributed by atoms with Crippen LogP contribution in [0.15, 0.2) is 16.6 Å². The minimum Gasteiger partial charge on any atom is -0.205 e. The molecule has 0 saturated heterocycles. The number of benzene rings is 1. The van der Waals surface area contributed by atoms with E-state index in [0.29, 0.717) is 15.2 Å². The topological polar surface area (TPSA) is 0 Å². The normalized spacial score (nSPS) is 27.6. The summed E-state index contributed by atoms with van der Waals surface area (Å²) in [6.07, 6.45) is 3.49. The molecule has 0 N–H and O–H groups in total. The lowest BCUT2D eigenvalue weighted by atomic mass is 9.66. The predicted molar refractivity (Wildman–Crippen MR) is 91.4 cm³/mol. The molecule has 20 heavy (non-hydrogen) atoms. The van der Waals surface area contributed by atoms with Gasteiger partial charge < -0.3 is 0 Å². The van der Waals surface area contributed by atoms with Crippen LogP contribution in [0.1, 0.15) is 45.6 Å². The Morgan fingerprint density at radius 1 is 1.30 bits per heavy atom. The molecule has 2 rings (SSSR count). The van der Waals surface area contributed by atoms with Gasteiger partial charge >= 0.3 is 0 Å². The van der Waals surface area contributed by atoms with Gasteiger partial charge in [-0.05, 0) is 57.7 Å². The van der Waals surface area contributed by atoms with Crippen molar-refractivity contribution in [2.24, 2.45) is 11.8 Å². The first-order valence-electron chi connectivity index (χ1n) is 7.03. The molecule has 0 amide bonds. The molecule has 4 heteroatoms. The van der Waals surface area contributed by atoms with Gasteiger partial charge in [0, 0.05) is 9.30 Å². The minimum atomic E-state index is -0.288. The molecule has 1 aliphatic carbocycles. The van der Waals surface area contributed by atoms with E-state index in [1.807, 2.05) is 12.1 Å². The van der Waals surface area contributed by atoms with Gasteiger partial charge in [-0.2, -0.15) is 0 Å². The smallest absolute Gasteiger partial charge is 0.146 e. The first-order chi connectivity index (χ1) is 9.25. The highest BCUT2D eigenvalue weighted by Gasteiger charge is 2.40. The van der Waals surface area contributed by atoms with E-state index < -0.39 is 0 Å². The van der Waals surface area contributed by atoms with Crippen LogP contribution in [0.3, 0.4) is 0 Å². The van der Waals surface area contributed by atoms with Gasteiger partial charge in [-0.1, -0.05) is 60.8 Å². The Bertz CT molecular complexity index is 501. The summed E-state index contributed by atoms with van der Waals surface area (Å²) >= 11 is 13.2. The fourth-order valence-electron chi connectivity index (χ4n) is 3.35. The number of halogens is 4. The molecule has 0 radical (unpaired) electrons. The largest absolute Gasteiger partial charge is 0.205 e. The highest BCUT2D eigenvalue weighted by atomic mass is 79.9. The molecule has 0 heterocycles. The average molecular weight is 427 g/mol. The van der Waals surface area contributed by atoms with Crippen LogP contribution in [-0.4, -0.2) is 4.83 Å². The summed E-state index contributed by atoms with van der Waals surface area (Å²) in [5, 5.41) is 0.186. The Kier molecular flexibility index (Phi) is 5.24. The van der Waals surface area contributed by atoms with Gasteiger partial charge in [-0.15, -0.1) is 0 Å². The van der Waals surface area contributed by atoms with Gasteiger partial charge in [-0.25, -0.2) is 4.39 Å². The van der Waals surface area contributed by atoms with Crippen molar-refractivity contribution in [3.8, 4) is 0 Å². The monoisotopic (exact) mass is 424 g/mol. The molecule has 0 bridgehead atoms. The standard InChI is InChI=1S/C16H20Br2ClF/c1-9-4-5-10(13(18)8-9)16(2,3)11-6-7-12(17)14(19)15(11)20/h6-7,9-10,13H,4-5,8H2,1-3H3. The van der Waals surface area contributed by atoms with Crippen LogP contribution in [0.25, 0.3) is 0 Å². The average Bonchev–Trinajstić information content (AvgIpc) is 2.35. The molecule has 0 nitrogen and oxygen atoms in total. The van der Waals surface area contributed by atoms with Gasteiger partial charge in [0.1, 0.15) is 5.82 Å². The third-order valence-corrected chi connectivity index (χ3v) is 6.96. The van der Waals surface area contributed by atoms with E-state index in [-0.39, 0.29) is 16.3 Å². The van der Waals surface area contributed by atoms with Crippen molar-refractivity contribution in [3.05, 3.63) is 33.0 Å². The van der Waals surface area contributed by atoms with Crippen LogP contribution < -0.4 is 0 Å². The van der Waals surface area contributed by atoms with Gasteiger partial charge in [0.2, 0.25) is 0 Å². The van der Waals surface area contributed by atoms with Crippen molar-refractivity contribution in [2.45, 2.75) is 50.3 Å². The third kappa shape index (κ3) is 3.10. The zero-order valence-corrected chi connectivity index (χ0v) is 15.9. The molecule has 1 aromatic rings. The Hall–Kier alpha value is 0.400. The van der Waals surface area contributed by atoms with Crippen LogP contribution in [0.4, 0.5) is 4.39 Å². The van der Waals surface area contributed by atoms with Crippen LogP contribution >= 0.6 is 43.5 Å². The van der Waals surface area contributed by atoms with Crippen molar-refractivity contribution in [1.29, 1.82) is 0 Å². The highest BCUT2D eigenvalue weighted by Crippen LogP contribution is 2.46.